The Balaban J connectivity index is 1.98. The van der Waals surface area contributed by atoms with E-state index in [9.17, 15) is 0 Å². The minimum absolute atomic E-state index is 0.0389. The van der Waals surface area contributed by atoms with Crippen molar-refractivity contribution in [1.82, 2.24) is 9.55 Å². The van der Waals surface area contributed by atoms with Gasteiger partial charge in [0.25, 0.3) is 0 Å². The summed E-state index contributed by atoms with van der Waals surface area (Å²) in [4.78, 5) is 4.20. The van der Waals surface area contributed by atoms with Crippen LogP contribution in [0.3, 0.4) is 0 Å². The van der Waals surface area contributed by atoms with Crippen LogP contribution in [0.15, 0.2) is 12.5 Å². The van der Waals surface area contributed by atoms with Crippen LogP contribution >= 0.6 is 0 Å². The summed E-state index contributed by atoms with van der Waals surface area (Å²) >= 11 is 0. The van der Waals surface area contributed by atoms with E-state index >= 15 is 0 Å². The monoisotopic (exact) mass is 253 g/mol. The molecule has 0 aromatic carbocycles. The lowest BCUT2D eigenvalue weighted by molar-refractivity contribution is -0.0938. The molecule has 1 saturated heterocycles. The summed E-state index contributed by atoms with van der Waals surface area (Å²) in [6.07, 6.45) is 4.76. The molecule has 0 saturated carbocycles. The van der Waals surface area contributed by atoms with Crippen molar-refractivity contribution in [2.75, 3.05) is 19.8 Å². The molecule has 0 spiro atoms. The Morgan fingerprint density at radius 1 is 1.50 bits per heavy atom. The third kappa shape index (κ3) is 3.54. The Bertz CT molecular complexity index is 359. The van der Waals surface area contributed by atoms with Crippen molar-refractivity contribution in [3.8, 4) is 0 Å². The van der Waals surface area contributed by atoms with E-state index in [0.29, 0.717) is 25.7 Å². The van der Waals surface area contributed by atoms with Gasteiger partial charge >= 0.3 is 0 Å². The van der Waals surface area contributed by atoms with Crippen LogP contribution < -0.4 is 5.73 Å². The first-order valence-corrected chi connectivity index (χ1v) is 6.61. The number of imidazole rings is 1. The molecular formula is C13H23N3O2. The van der Waals surface area contributed by atoms with Crippen molar-refractivity contribution in [3.05, 3.63) is 18.2 Å². The van der Waals surface area contributed by atoms with Gasteiger partial charge < -0.3 is 19.8 Å². The van der Waals surface area contributed by atoms with Crippen molar-refractivity contribution in [2.45, 2.75) is 39.0 Å². The number of nitrogens with two attached hydrogens (primary N) is 1. The molecule has 2 N–H and O–H groups in total. The highest BCUT2D eigenvalue weighted by molar-refractivity contribution is 5.05. The highest BCUT2D eigenvalue weighted by Crippen LogP contribution is 2.19. The number of ether oxygens (including phenoxy) is 2. The molecule has 5 nitrogen and oxygen atoms in total. The van der Waals surface area contributed by atoms with Gasteiger partial charge in [-0.3, -0.25) is 0 Å². The largest absolute Gasteiger partial charge is 0.376 e. The minimum atomic E-state index is 0.0389. The van der Waals surface area contributed by atoms with E-state index in [0.717, 1.165) is 18.7 Å². The molecular weight excluding hydrogens is 230 g/mol. The van der Waals surface area contributed by atoms with Gasteiger partial charge in [0, 0.05) is 12.2 Å². The third-order valence-corrected chi connectivity index (χ3v) is 3.14. The quantitative estimate of drug-likeness (QED) is 0.860. The number of rotatable bonds is 5. The fourth-order valence-corrected chi connectivity index (χ4v) is 2.28. The van der Waals surface area contributed by atoms with E-state index in [1.165, 1.54) is 0 Å². The summed E-state index contributed by atoms with van der Waals surface area (Å²) in [5.41, 5.74) is 7.29. The van der Waals surface area contributed by atoms with Gasteiger partial charge in [-0.1, -0.05) is 13.8 Å². The average molecular weight is 253 g/mol. The topological polar surface area (TPSA) is 62.3 Å². The molecule has 0 radical (unpaired) electrons. The molecule has 1 aliphatic heterocycles. The number of nitrogens with zero attached hydrogens (tertiary/aromatic N) is 2. The van der Waals surface area contributed by atoms with Crippen molar-refractivity contribution in [1.29, 1.82) is 0 Å². The SMILES string of the molecule is CC(C)CC(N)c1cncn1CC1COCCO1. The zero-order valence-corrected chi connectivity index (χ0v) is 11.2. The van der Waals surface area contributed by atoms with Gasteiger partial charge in [0.2, 0.25) is 0 Å². The summed E-state index contributed by atoms with van der Waals surface area (Å²) in [5.74, 6) is 0.581. The fourth-order valence-electron chi connectivity index (χ4n) is 2.28. The zero-order chi connectivity index (χ0) is 13.0. The zero-order valence-electron chi connectivity index (χ0n) is 11.2. The van der Waals surface area contributed by atoms with Crippen LogP contribution in [-0.2, 0) is 16.0 Å². The molecule has 18 heavy (non-hydrogen) atoms. The Hall–Kier alpha value is -0.910. The number of hydrogen-bond donors (Lipinski definition) is 1. The van der Waals surface area contributed by atoms with Crippen molar-refractivity contribution in [3.63, 3.8) is 0 Å². The lowest BCUT2D eigenvalue weighted by Gasteiger charge is -2.25. The van der Waals surface area contributed by atoms with Gasteiger partial charge in [-0.2, -0.15) is 0 Å². The summed E-state index contributed by atoms with van der Waals surface area (Å²) in [7, 11) is 0. The summed E-state index contributed by atoms with van der Waals surface area (Å²) < 4.78 is 13.1. The molecule has 0 bridgehead atoms. The number of aromatic nitrogens is 2. The second kappa shape index (κ2) is 6.31. The first-order chi connectivity index (χ1) is 8.66. The normalized spacial score (nSPS) is 22.3. The summed E-state index contributed by atoms with van der Waals surface area (Å²) in [5, 5.41) is 0. The Kier molecular flexibility index (Phi) is 4.74. The van der Waals surface area contributed by atoms with Crippen LogP contribution in [0.4, 0.5) is 0 Å². The van der Waals surface area contributed by atoms with Gasteiger partial charge in [-0.25, -0.2) is 4.98 Å². The molecule has 1 aromatic rings. The first-order valence-electron chi connectivity index (χ1n) is 6.61. The van der Waals surface area contributed by atoms with E-state index < -0.39 is 0 Å². The molecule has 102 valence electrons. The molecule has 5 heteroatoms. The predicted molar refractivity (Wildman–Crippen MR) is 69.2 cm³/mol. The summed E-state index contributed by atoms with van der Waals surface area (Å²) in [6.45, 7) is 7.14. The van der Waals surface area contributed by atoms with Crippen molar-refractivity contribution in [2.24, 2.45) is 11.7 Å². The lowest BCUT2D eigenvalue weighted by Crippen LogP contribution is -2.33. The van der Waals surface area contributed by atoms with Crippen molar-refractivity contribution < 1.29 is 9.47 Å². The van der Waals surface area contributed by atoms with E-state index in [1.54, 1.807) is 0 Å². The average Bonchev–Trinajstić information content (AvgIpc) is 2.77. The van der Waals surface area contributed by atoms with Crippen LogP contribution in [0.25, 0.3) is 0 Å². The molecule has 2 atom stereocenters. The van der Waals surface area contributed by atoms with Gasteiger partial charge in [0.05, 0.1) is 44.5 Å². The van der Waals surface area contributed by atoms with Gasteiger partial charge in [-0.15, -0.1) is 0 Å². The first kappa shape index (κ1) is 13.5. The second-order valence-electron chi connectivity index (χ2n) is 5.27. The van der Waals surface area contributed by atoms with Crippen LogP contribution in [0, 0.1) is 5.92 Å². The lowest BCUT2D eigenvalue weighted by atomic mass is 10.0. The van der Waals surface area contributed by atoms with Crippen LogP contribution in [0.1, 0.15) is 32.0 Å². The molecule has 0 amide bonds. The van der Waals surface area contributed by atoms with Crippen LogP contribution in [-0.4, -0.2) is 35.5 Å². The Labute approximate surface area is 108 Å². The Morgan fingerprint density at radius 3 is 3.00 bits per heavy atom. The molecule has 1 fully saturated rings. The second-order valence-corrected chi connectivity index (χ2v) is 5.27. The van der Waals surface area contributed by atoms with Gasteiger partial charge in [-0.05, 0) is 12.3 Å². The van der Waals surface area contributed by atoms with E-state index in [1.807, 2.05) is 12.5 Å². The maximum absolute atomic E-state index is 6.21. The van der Waals surface area contributed by atoms with Gasteiger partial charge in [0.1, 0.15) is 0 Å². The predicted octanol–water partition coefficient (Wildman–Crippen LogP) is 1.34. The maximum atomic E-state index is 6.21. The van der Waals surface area contributed by atoms with E-state index in [4.69, 9.17) is 15.2 Å². The molecule has 1 aliphatic rings. The van der Waals surface area contributed by atoms with E-state index in [-0.39, 0.29) is 12.1 Å². The summed E-state index contributed by atoms with van der Waals surface area (Å²) in [6, 6.07) is 0.0389. The maximum Gasteiger partial charge on any atom is 0.0988 e. The number of hydrogen-bond acceptors (Lipinski definition) is 4. The molecule has 2 unspecified atom stereocenters. The molecule has 2 rings (SSSR count). The smallest absolute Gasteiger partial charge is 0.0988 e. The standard InChI is InChI=1S/C13H23N3O2/c1-10(2)5-12(14)13-6-15-9-16(13)7-11-8-17-3-4-18-11/h6,9-12H,3-5,7-8,14H2,1-2H3. The highest BCUT2D eigenvalue weighted by atomic mass is 16.6. The highest BCUT2D eigenvalue weighted by Gasteiger charge is 2.18. The van der Waals surface area contributed by atoms with E-state index in [2.05, 4.69) is 23.4 Å². The van der Waals surface area contributed by atoms with Crippen LogP contribution in [0.2, 0.25) is 0 Å². The molecule has 1 aromatic heterocycles. The fraction of sp³-hybridized carbons (Fsp3) is 0.769. The molecule has 2 heterocycles. The molecule has 0 aliphatic carbocycles. The van der Waals surface area contributed by atoms with Crippen molar-refractivity contribution >= 4 is 0 Å². The van der Waals surface area contributed by atoms with Crippen LogP contribution in [0.5, 0.6) is 0 Å². The minimum Gasteiger partial charge on any atom is -0.376 e. The third-order valence-electron chi connectivity index (χ3n) is 3.14. The Morgan fingerprint density at radius 2 is 2.33 bits per heavy atom. The van der Waals surface area contributed by atoms with Gasteiger partial charge in [0.15, 0.2) is 0 Å².